The van der Waals surface area contributed by atoms with Crippen molar-refractivity contribution in [2.75, 3.05) is 26.7 Å². The maximum Gasteiger partial charge on any atom is 0.0485 e. The van der Waals surface area contributed by atoms with Crippen LogP contribution in [0.5, 0.6) is 0 Å². The summed E-state index contributed by atoms with van der Waals surface area (Å²) in [4.78, 5) is 2.44. The Morgan fingerprint density at radius 1 is 1.00 bits per heavy atom. The number of benzene rings is 2. The Morgan fingerprint density at radius 3 is 2.21 bits per heavy atom. The van der Waals surface area contributed by atoms with E-state index in [9.17, 15) is 0 Å². The second kappa shape index (κ2) is 8.96. The summed E-state index contributed by atoms with van der Waals surface area (Å²) in [7, 11) is 2.23. The highest BCUT2D eigenvalue weighted by Crippen LogP contribution is 2.54. The molecule has 0 aromatic heterocycles. The largest absolute Gasteiger partial charge is 0.387 e. The van der Waals surface area contributed by atoms with Gasteiger partial charge in [-0.05, 0) is 62.9 Å². The second-order valence-electron chi connectivity index (χ2n) is 10.8. The molecule has 3 aliphatic rings. The van der Waals surface area contributed by atoms with Crippen LogP contribution in [0.15, 0.2) is 89.8 Å². The van der Waals surface area contributed by atoms with E-state index in [0.717, 1.165) is 17.8 Å². The van der Waals surface area contributed by atoms with Gasteiger partial charge in [-0.25, -0.2) is 0 Å². The molecule has 5 rings (SSSR count). The lowest BCUT2D eigenvalue weighted by atomic mass is 9.59. The van der Waals surface area contributed by atoms with Crippen LogP contribution in [0, 0.1) is 12.3 Å². The molecule has 2 aromatic rings. The fourth-order valence-corrected chi connectivity index (χ4v) is 5.87. The van der Waals surface area contributed by atoms with Crippen molar-refractivity contribution < 1.29 is 0 Å². The van der Waals surface area contributed by atoms with E-state index in [1.807, 2.05) is 6.20 Å². The van der Waals surface area contributed by atoms with Gasteiger partial charge in [0.15, 0.2) is 0 Å². The summed E-state index contributed by atoms with van der Waals surface area (Å²) in [6.45, 7) is 14.2. The second-order valence-corrected chi connectivity index (χ2v) is 10.8. The van der Waals surface area contributed by atoms with Gasteiger partial charge in [0.2, 0.25) is 0 Å². The van der Waals surface area contributed by atoms with Crippen LogP contribution in [0.4, 0.5) is 0 Å². The predicted molar refractivity (Wildman–Crippen MR) is 143 cm³/mol. The van der Waals surface area contributed by atoms with Crippen molar-refractivity contribution >= 4 is 5.57 Å². The molecule has 34 heavy (non-hydrogen) atoms. The van der Waals surface area contributed by atoms with Gasteiger partial charge in [0, 0.05) is 48.6 Å². The summed E-state index contributed by atoms with van der Waals surface area (Å²) in [5, 5.41) is 6.90. The number of allylic oxidation sites excluding steroid dienone is 2. The molecule has 1 atom stereocenters. The Balaban J connectivity index is 1.36. The van der Waals surface area contributed by atoms with Crippen LogP contribution in [0.1, 0.15) is 55.0 Å². The van der Waals surface area contributed by atoms with E-state index in [1.165, 1.54) is 59.3 Å². The average Bonchev–Trinajstić information content (AvgIpc) is 2.78. The molecular formula is C31H37N3. The Morgan fingerprint density at radius 2 is 1.62 bits per heavy atom. The van der Waals surface area contributed by atoms with Crippen molar-refractivity contribution in [3.8, 4) is 0 Å². The Kier molecular flexibility index (Phi) is 5.99. The lowest BCUT2D eigenvalue weighted by Gasteiger charge is -2.56. The third kappa shape index (κ3) is 4.50. The van der Waals surface area contributed by atoms with Crippen molar-refractivity contribution in [2.45, 2.75) is 39.7 Å². The topological polar surface area (TPSA) is 27.3 Å². The third-order valence-corrected chi connectivity index (χ3v) is 7.56. The van der Waals surface area contributed by atoms with Crippen molar-refractivity contribution in [2.24, 2.45) is 5.41 Å². The Hall–Kier alpha value is -3.04. The average molecular weight is 452 g/mol. The first-order valence-electron chi connectivity index (χ1n) is 12.5. The van der Waals surface area contributed by atoms with Crippen LogP contribution in [0.25, 0.3) is 5.57 Å². The van der Waals surface area contributed by atoms with E-state index >= 15 is 0 Å². The van der Waals surface area contributed by atoms with E-state index in [0.29, 0.717) is 5.41 Å². The maximum absolute atomic E-state index is 4.27. The number of nitrogens with zero attached hydrogens (tertiary/aromatic N) is 1. The summed E-state index contributed by atoms with van der Waals surface area (Å²) < 4.78 is 0. The molecule has 1 saturated heterocycles. The fraction of sp³-hybridized carbons (Fsp3) is 0.355. The molecular weight excluding hydrogens is 414 g/mol. The highest BCUT2D eigenvalue weighted by Gasteiger charge is 2.49. The molecule has 0 bridgehead atoms. The summed E-state index contributed by atoms with van der Waals surface area (Å²) in [6, 6.07) is 18.4. The Bertz CT molecular complexity index is 1160. The van der Waals surface area contributed by atoms with Crippen LogP contribution in [0.3, 0.4) is 0 Å². The van der Waals surface area contributed by atoms with Crippen LogP contribution in [-0.4, -0.2) is 31.6 Å². The molecule has 2 fully saturated rings. The highest BCUT2D eigenvalue weighted by atomic mass is 15.2. The van der Waals surface area contributed by atoms with Crippen molar-refractivity contribution in [1.82, 2.24) is 15.5 Å². The standard InChI is InChI=1S/C31H37N3/c1-21-6-8-26(9-7-21)30(29-15-31(16-29)19-34(5)20-31)27-12-10-25(11-13-27)23(3)33-24(4)28-14-22(2)17-32-18-28/h6-14,18,23,32-33H,4,15-17,19-20H2,1-3,5H3. The first kappa shape index (κ1) is 22.7. The zero-order valence-electron chi connectivity index (χ0n) is 21.0. The number of hydrogen-bond acceptors (Lipinski definition) is 3. The van der Waals surface area contributed by atoms with Gasteiger partial charge in [0.25, 0.3) is 0 Å². The minimum absolute atomic E-state index is 0.186. The monoisotopic (exact) mass is 451 g/mol. The molecule has 176 valence electrons. The SMILES string of the molecule is C=C(NC(C)c1ccc(C(=C2CC3(C2)CN(C)C3)c2ccc(C)cc2)cc1)C1=CNCC(C)=C1. The van der Waals surface area contributed by atoms with Crippen LogP contribution < -0.4 is 10.6 Å². The van der Waals surface area contributed by atoms with E-state index in [2.05, 4.69) is 105 Å². The molecule has 1 spiro atoms. The van der Waals surface area contributed by atoms with Gasteiger partial charge < -0.3 is 15.5 Å². The molecule has 2 aromatic carbocycles. The minimum atomic E-state index is 0.186. The summed E-state index contributed by atoms with van der Waals surface area (Å²) >= 11 is 0. The summed E-state index contributed by atoms with van der Waals surface area (Å²) in [6.07, 6.45) is 6.71. The zero-order chi connectivity index (χ0) is 23.9. The number of hydrogen-bond donors (Lipinski definition) is 2. The van der Waals surface area contributed by atoms with Gasteiger partial charge >= 0.3 is 0 Å². The highest BCUT2D eigenvalue weighted by molar-refractivity contribution is 5.83. The van der Waals surface area contributed by atoms with Gasteiger partial charge in [-0.3, -0.25) is 0 Å². The van der Waals surface area contributed by atoms with E-state index in [4.69, 9.17) is 0 Å². The van der Waals surface area contributed by atoms with E-state index < -0.39 is 0 Å². The molecule has 2 aliphatic heterocycles. The van der Waals surface area contributed by atoms with Gasteiger partial charge in [-0.2, -0.15) is 0 Å². The number of likely N-dealkylation sites (tertiary alicyclic amines) is 1. The van der Waals surface area contributed by atoms with Gasteiger partial charge in [0.1, 0.15) is 0 Å². The lowest BCUT2D eigenvalue weighted by Crippen LogP contribution is -2.58. The van der Waals surface area contributed by atoms with Gasteiger partial charge in [-0.15, -0.1) is 0 Å². The number of rotatable bonds is 6. The first-order valence-corrected chi connectivity index (χ1v) is 12.5. The van der Waals surface area contributed by atoms with Gasteiger partial charge in [0.05, 0.1) is 0 Å². The summed E-state index contributed by atoms with van der Waals surface area (Å²) in [5.41, 5.74) is 12.2. The zero-order valence-corrected chi connectivity index (χ0v) is 21.0. The minimum Gasteiger partial charge on any atom is -0.387 e. The smallest absolute Gasteiger partial charge is 0.0485 e. The summed E-state index contributed by atoms with van der Waals surface area (Å²) in [5.74, 6) is 0. The molecule has 3 nitrogen and oxygen atoms in total. The van der Waals surface area contributed by atoms with Gasteiger partial charge in [-0.1, -0.05) is 77.9 Å². The molecule has 1 aliphatic carbocycles. The number of aryl methyl sites for hydroxylation is 1. The van der Waals surface area contributed by atoms with E-state index in [1.54, 1.807) is 5.57 Å². The molecule has 1 unspecified atom stereocenters. The maximum atomic E-state index is 4.27. The molecule has 0 radical (unpaired) electrons. The normalized spacial score (nSPS) is 19.8. The molecule has 3 heteroatoms. The van der Waals surface area contributed by atoms with Crippen molar-refractivity contribution in [3.05, 3.63) is 112 Å². The quantitative estimate of drug-likeness (QED) is 0.554. The van der Waals surface area contributed by atoms with Crippen molar-refractivity contribution in [3.63, 3.8) is 0 Å². The fourth-order valence-electron chi connectivity index (χ4n) is 5.87. The molecule has 1 saturated carbocycles. The number of nitrogens with one attached hydrogen (secondary N) is 2. The predicted octanol–water partition coefficient (Wildman–Crippen LogP) is 6.12. The molecule has 2 heterocycles. The number of dihydropyridines is 1. The first-order chi connectivity index (χ1) is 16.3. The molecule has 0 amide bonds. The van der Waals surface area contributed by atoms with Crippen LogP contribution in [0.2, 0.25) is 0 Å². The molecule has 2 N–H and O–H groups in total. The third-order valence-electron chi connectivity index (χ3n) is 7.56. The lowest BCUT2D eigenvalue weighted by molar-refractivity contribution is -0.0106. The van der Waals surface area contributed by atoms with Crippen molar-refractivity contribution in [1.29, 1.82) is 0 Å². The van der Waals surface area contributed by atoms with Crippen LogP contribution >= 0.6 is 0 Å². The van der Waals surface area contributed by atoms with E-state index in [-0.39, 0.29) is 6.04 Å². The van der Waals surface area contributed by atoms with Crippen LogP contribution in [-0.2, 0) is 0 Å². The Labute approximate surface area is 205 Å².